The van der Waals surface area contributed by atoms with Crippen molar-refractivity contribution in [2.45, 2.75) is 46.1 Å². The van der Waals surface area contributed by atoms with Crippen LogP contribution >= 0.6 is 0 Å². The lowest BCUT2D eigenvalue weighted by Crippen LogP contribution is -2.50. The van der Waals surface area contributed by atoms with Gasteiger partial charge < -0.3 is 10.2 Å². The number of likely N-dealkylation sites (N-methyl/N-ethyl adjacent to an activating group) is 1. The van der Waals surface area contributed by atoms with Crippen LogP contribution in [0, 0.1) is 5.92 Å². The molecule has 2 amide bonds. The minimum absolute atomic E-state index is 0.0223. The predicted molar refractivity (Wildman–Crippen MR) is 112 cm³/mol. The molecule has 0 heterocycles. The smallest absolute Gasteiger partial charge is 0.249 e. The molecule has 0 radical (unpaired) electrons. The van der Waals surface area contributed by atoms with Crippen LogP contribution in [0.3, 0.4) is 0 Å². The van der Waals surface area contributed by atoms with E-state index in [4.69, 9.17) is 0 Å². The Hall–Kier alpha value is -2.62. The molecule has 0 aliphatic heterocycles. The Kier molecular flexibility index (Phi) is 7.59. The van der Waals surface area contributed by atoms with E-state index in [1.54, 1.807) is 11.9 Å². The van der Waals surface area contributed by atoms with Crippen molar-refractivity contribution in [3.63, 3.8) is 0 Å². The molecule has 144 valence electrons. The number of amides is 2. The van der Waals surface area contributed by atoms with Crippen LogP contribution in [0.15, 0.2) is 54.6 Å². The highest BCUT2D eigenvalue weighted by Gasteiger charge is 2.27. The number of anilines is 1. The van der Waals surface area contributed by atoms with Gasteiger partial charge in [-0.2, -0.15) is 0 Å². The number of nitrogens with one attached hydrogen (secondary N) is 1. The number of carbonyl (C=O) groups excluding carboxylic acids is 2. The summed E-state index contributed by atoms with van der Waals surface area (Å²) in [7, 11) is 1.76. The second-order valence-corrected chi connectivity index (χ2v) is 7.20. The molecule has 27 heavy (non-hydrogen) atoms. The number of rotatable bonds is 8. The highest BCUT2D eigenvalue weighted by atomic mass is 16.2. The maximum atomic E-state index is 13.0. The van der Waals surface area contributed by atoms with Crippen LogP contribution < -0.4 is 10.2 Å². The zero-order valence-electron chi connectivity index (χ0n) is 16.7. The third kappa shape index (κ3) is 5.68. The van der Waals surface area contributed by atoms with Crippen molar-refractivity contribution in [2.75, 3.05) is 11.9 Å². The van der Waals surface area contributed by atoms with Gasteiger partial charge in [-0.1, -0.05) is 69.7 Å². The first-order valence-electron chi connectivity index (χ1n) is 9.66. The molecule has 0 aromatic heterocycles. The maximum absolute atomic E-state index is 13.0. The molecule has 2 aromatic carbocycles. The second-order valence-electron chi connectivity index (χ2n) is 7.20. The van der Waals surface area contributed by atoms with Gasteiger partial charge >= 0.3 is 0 Å². The standard InChI is InChI=1S/C23H30N2O2/c1-5-6-12-21(26)24-22(17(2)3)23(27)25(4)20-15-13-19(14-16-20)18-10-8-7-9-11-18/h7-11,13-17,22H,5-6,12H2,1-4H3,(H,24,26)/t22-/m0/s1. The normalized spacial score (nSPS) is 11.9. The van der Waals surface area contributed by atoms with E-state index in [-0.39, 0.29) is 17.7 Å². The fourth-order valence-electron chi connectivity index (χ4n) is 2.94. The molecule has 0 saturated carbocycles. The Balaban J connectivity index is 2.10. The fraction of sp³-hybridized carbons (Fsp3) is 0.391. The number of nitrogens with zero attached hydrogens (tertiary/aromatic N) is 1. The molecule has 4 heteroatoms. The lowest BCUT2D eigenvalue weighted by molar-refractivity contribution is -0.128. The minimum Gasteiger partial charge on any atom is -0.344 e. The second kappa shape index (κ2) is 9.91. The molecule has 0 spiro atoms. The molecule has 0 aliphatic carbocycles. The van der Waals surface area contributed by atoms with Crippen molar-refractivity contribution >= 4 is 17.5 Å². The fourth-order valence-corrected chi connectivity index (χ4v) is 2.94. The van der Waals surface area contributed by atoms with Crippen LogP contribution in [-0.4, -0.2) is 24.9 Å². The summed E-state index contributed by atoms with van der Waals surface area (Å²) >= 11 is 0. The number of hydrogen-bond donors (Lipinski definition) is 1. The van der Waals surface area contributed by atoms with Gasteiger partial charge in [-0.15, -0.1) is 0 Å². The SMILES string of the molecule is CCCCC(=O)N[C@H](C(=O)N(C)c1ccc(-c2ccccc2)cc1)C(C)C. The van der Waals surface area contributed by atoms with Crippen molar-refractivity contribution in [1.29, 1.82) is 0 Å². The van der Waals surface area contributed by atoms with Crippen LogP contribution in [0.5, 0.6) is 0 Å². The molecule has 0 bridgehead atoms. The van der Waals surface area contributed by atoms with E-state index in [0.29, 0.717) is 6.42 Å². The molecule has 0 aliphatic rings. The molecule has 1 atom stereocenters. The number of unbranched alkanes of at least 4 members (excludes halogenated alkanes) is 1. The monoisotopic (exact) mass is 366 g/mol. The largest absolute Gasteiger partial charge is 0.344 e. The van der Waals surface area contributed by atoms with E-state index in [1.807, 2.05) is 63.2 Å². The lowest BCUT2D eigenvalue weighted by Gasteiger charge is -2.27. The summed E-state index contributed by atoms with van der Waals surface area (Å²) < 4.78 is 0. The Morgan fingerprint density at radius 1 is 0.963 bits per heavy atom. The quantitative estimate of drug-likeness (QED) is 0.739. The van der Waals surface area contributed by atoms with E-state index in [1.165, 1.54) is 0 Å². The summed E-state index contributed by atoms with van der Waals surface area (Å²) in [4.78, 5) is 26.7. The Morgan fingerprint density at radius 3 is 2.11 bits per heavy atom. The van der Waals surface area contributed by atoms with Gasteiger partial charge in [-0.3, -0.25) is 9.59 Å². The number of hydrogen-bond acceptors (Lipinski definition) is 2. The molecule has 0 unspecified atom stereocenters. The maximum Gasteiger partial charge on any atom is 0.249 e. The van der Waals surface area contributed by atoms with E-state index in [2.05, 4.69) is 17.4 Å². The van der Waals surface area contributed by atoms with Crippen LogP contribution in [-0.2, 0) is 9.59 Å². The third-order valence-corrected chi connectivity index (χ3v) is 4.70. The predicted octanol–water partition coefficient (Wildman–Crippen LogP) is 4.65. The summed E-state index contributed by atoms with van der Waals surface area (Å²) in [5, 5.41) is 2.91. The topological polar surface area (TPSA) is 49.4 Å². The van der Waals surface area contributed by atoms with Gasteiger partial charge in [0.1, 0.15) is 6.04 Å². The Labute approximate surface area is 162 Å². The Morgan fingerprint density at radius 2 is 1.56 bits per heavy atom. The average Bonchev–Trinajstić information content (AvgIpc) is 2.70. The molecular weight excluding hydrogens is 336 g/mol. The molecule has 0 fully saturated rings. The van der Waals surface area contributed by atoms with Crippen molar-refractivity contribution in [2.24, 2.45) is 5.92 Å². The van der Waals surface area contributed by atoms with Gasteiger partial charge in [0.25, 0.3) is 0 Å². The minimum atomic E-state index is -0.520. The molecular formula is C23H30N2O2. The summed E-state index contributed by atoms with van der Waals surface area (Å²) in [6.07, 6.45) is 2.26. The van der Waals surface area contributed by atoms with Crippen LogP contribution in [0.4, 0.5) is 5.69 Å². The first-order valence-corrected chi connectivity index (χ1v) is 9.66. The zero-order chi connectivity index (χ0) is 19.8. The van der Waals surface area contributed by atoms with Gasteiger partial charge in [0, 0.05) is 19.2 Å². The van der Waals surface area contributed by atoms with Crippen molar-refractivity contribution < 1.29 is 9.59 Å². The van der Waals surface area contributed by atoms with Crippen LogP contribution in [0.2, 0.25) is 0 Å². The lowest BCUT2D eigenvalue weighted by atomic mass is 10.0. The first-order chi connectivity index (χ1) is 12.9. The van der Waals surface area contributed by atoms with E-state index >= 15 is 0 Å². The highest BCUT2D eigenvalue weighted by molar-refractivity contribution is 5.99. The van der Waals surface area contributed by atoms with Crippen molar-refractivity contribution in [1.82, 2.24) is 5.32 Å². The molecule has 0 saturated heterocycles. The van der Waals surface area contributed by atoms with Gasteiger partial charge in [-0.25, -0.2) is 0 Å². The molecule has 2 aromatic rings. The van der Waals surface area contributed by atoms with E-state index < -0.39 is 6.04 Å². The molecule has 1 N–H and O–H groups in total. The van der Waals surface area contributed by atoms with Gasteiger partial charge in [0.15, 0.2) is 0 Å². The van der Waals surface area contributed by atoms with E-state index in [9.17, 15) is 9.59 Å². The van der Waals surface area contributed by atoms with Crippen molar-refractivity contribution in [3.8, 4) is 11.1 Å². The van der Waals surface area contributed by atoms with Gasteiger partial charge in [0.2, 0.25) is 11.8 Å². The van der Waals surface area contributed by atoms with Crippen molar-refractivity contribution in [3.05, 3.63) is 54.6 Å². The summed E-state index contributed by atoms with van der Waals surface area (Å²) in [5.74, 6) is -0.131. The van der Waals surface area contributed by atoms with Crippen LogP contribution in [0.1, 0.15) is 40.0 Å². The van der Waals surface area contributed by atoms with Gasteiger partial charge in [0.05, 0.1) is 0 Å². The first kappa shape index (κ1) is 20.7. The number of carbonyl (C=O) groups is 2. The molecule has 4 nitrogen and oxygen atoms in total. The molecule has 2 rings (SSSR count). The van der Waals surface area contributed by atoms with E-state index in [0.717, 1.165) is 29.7 Å². The van der Waals surface area contributed by atoms with Crippen LogP contribution in [0.25, 0.3) is 11.1 Å². The third-order valence-electron chi connectivity index (χ3n) is 4.70. The number of benzene rings is 2. The van der Waals surface area contributed by atoms with Gasteiger partial charge in [-0.05, 0) is 35.6 Å². The Bertz CT molecular complexity index is 739. The average molecular weight is 367 g/mol. The summed E-state index contributed by atoms with van der Waals surface area (Å²) in [6, 6.07) is 17.5. The summed E-state index contributed by atoms with van der Waals surface area (Å²) in [6.45, 7) is 5.95. The zero-order valence-corrected chi connectivity index (χ0v) is 16.7. The highest BCUT2D eigenvalue weighted by Crippen LogP contribution is 2.23. The summed E-state index contributed by atoms with van der Waals surface area (Å²) in [5.41, 5.74) is 3.06.